The highest BCUT2D eigenvalue weighted by molar-refractivity contribution is 8.14. The van der Waals surface area contributed by atoms with E-state index in [1.54, 1.807) is 16.4 Å². The lowest BCUT2D eigenvalue weighted by Gasteiger charge is -2.29. The van der Waals surface area contributed by atoms with Gasteiger partial charge in [0.2, 0.25) is 0 Å². The number of hydrogen-bond acceptors (Lipinski definition) is 5. The van der Waals surface area contributed by atoms with Crippen molar-refractivity contribution in [3.63, 3.8) is 0 Å². The molecule has 0 radical (unpaired) electrons. The smallest absolute Gasteiger partial charge is 0.161 e. The number of thioether (sulfide) groups is 1. The minimum Gasteiger partial charge on any atom is -0.381 e. The summed E-state index contributed by atoms with van der Waals surface area (Å²) < 4.78 is 7.19. The molecule has 17 heavy (non-hydrogen) atoms. The van der Waals surface area contributed by atoms with Crippen LogP contribution in [0.25, 0.3) is 0 Å². The quantitative estimate of drug-likeness (QED) is 0.822. The van der Waals surface area contributed by atoms with E-state index in [0.717, 1.165) is 42.7 Å². The summed E-state index contributed by atoms with van der Waals surface area (Å²) in [7, 11) is 1.91. The molecule has 1 aromatic rings. The van der Waals surface area contributed by atoms with Crippen LogP contribution in [0.15, 0.2) is 17.4 Å². The Bertz CT molecular complexity index is 436. The Balaban J connectivity index is 1.70. The third-order valence-corrected chi connectivity index (χ3v) is 4.34. The minimum absolute atomic E-state index is 0.119. The van der Waals surface area contributed by atoms with Crippen LogP contribution in [0.1, 0.15) is 12.8 Å². The predicted octanol–water partition coefficient (Wildman–Crippen LogP) is 1.48. The standard InChI is InChI=1S/C11H16N4OS/c1-15-7-9(6-12-15)13-10-14-11(8-17-10)2-4-16-5-3-11/h6-7H,2-5,8H2,1H3,(H,13,14). The Morgan fingerprint density at radius 2 is 2.29 bits per heavy atom. The Kier molecular flexibility index (Phi) is 2.84. The van der Waals surface area contributed by atoms with Crippen LogP contribution in [-0.2, 0) is 11.8 Å². The molecule has 92 valence electrons. The second-order valence-corrected chi connectivity index (χ2v) is 5.53. The van der Waals surface area contributed by atoms with Crippen molar-refractivity contribution in [1.29, 1.82) is 0 Å². The van der Waals surface area contributed by atoms with Gasteiger partial charge in [-0.3, -0.25) is 9.67 Å². The lowest BCUT2D eigenvalue weighted by atomic mass is 9.93. The van der Waals surface area contributed by atoms with Crippen LogP contribution in [0.4, 0.5) is 5.69 Å². The predicted molar refractivity (Wildman–Crippen MR) is 69.5 cm³/mol. The summed E-state index contributed by atoms with van der Waals surface area (Å²) in [5.74, 6) is 1.07. The number of ether oxygens (including phenoxy) is 1. The van der Waals surface area contributed by atoms with E-state index < -0.39 is 0 Å². The van der Waals surface area contributed by atoms with E-state index in [2.05, 4.69) is 10.4 Å². The number of aryl methyl sites for hydroxylation is 1. The molecule has 2 aliphatic rings. The summed E-state index contributed by atoms with van der Waals surface area (Å²) in [6.07, 6.45) is 5.85. The molecule has 0 aromatic carbocycles. The molecule has 0 aliphatic carbocycles. The van der Waals surface area contributed by atoms with Gasteiger partial charge in [0.25, 0.3) is 0 Å². The summed E-state index contributed by atoms with van der Waals surface area (Å²) >= 11 is 1.80. The molecule has 1 spiro atoms. The SMILES string of the molecule is Cn1cc(NC2=NC3(CCOCC3)CS2)cn1. The third-order valence-electron chi connectivity index (χ3n) is 3.20. The summed E-state index contributed by atoms with van der Waals surface area (Å²) in [4.78, 5) is 4.84. The van der Waals surface area contributed by atoms with Gasteiger partial charge >= 0.3 is 0 Å². The largest absolute Gasteiger partial charge is 0.381 e. The average Bonchev–Trinajstić information content (AvgIpc) is 2.89. The van der Waals surface area contributed by atoms with Gasteiger partial charge in [-0.1, -0.05) is 11.8 Å². The molecule has 5 nitrogen and oxygen atoms in total. The molecule has 3 rings (SSSR count). The summed E-state index contributed by atoms with van der Waals surface area (Å²) in [6, 6.07) is 0. The highest BCUT2D eigenvalue weighted by Crippen LogP contribution is 2.36. The Hall–Kier alpha value is -1.01. The van der Waals surface area contributed by atoms with Crippen molar-refractivity contribution in [1.82, 2.24) is 9.78 Å². The van der Waals surface area contributed by atoms with Crippen molar-refractivity contribution >= 4 is 22.6 Å². The topological polar surface area (TPSA) is 51.4 Å². The number of amidine groups is 1. The number of rotatable bonds is 1. The fourth-order valence-electron chi connectivity index (χ4n) is 2.16. The van der Waals surface area contributed by atoms with Crippen LogP contribution >= 0.6 is 11.8 Å². The number of nitrogens with zero attached hydrogens (tertiary/aromatic N) is 3. The van der Waals surface area contributed by atoms with Crippen LogP contribution in [0.5, 0.6) is 0 Å². The molecule has 2 aliphatic heterocycles. The zero-order valence-corrected chi connectivity index (χ0v) is 10.7. The molecular weight excluding hydrogens is 236 g/mol. The van der Waals surface area contributed by atoms with Crippen molar-refractivity contribution in [2.45, 2.75) is 18.4 Å². The lowest BCUT2D eigenvalue weighted by Crippen LogP contribution is -2.34. The van der Waals surface area contributed by atoms with Gasteiger partial charge < -0.3 is 10.1 Å². The summed E-state index contributed by atoms with van der Waals surface area (Å²) in [5, 5.41) is 8.47. The second-order valence-electron chi connectivity index (χ2n) is 4.57. The first-order valence-electron chi connectivity index (χ1n) is 5.82. The first kappa shape index (κ1) is 11.1. The zero-order chi connectivity index (χ0) is 11.7. The number of hydrogen-bond donors (Lipinski definition) is 1. The van der Waals surface area contributed by atoms with Crippen molar-refractivity contribution in [3.05, 3.63) is 12.4 Å². The summed E-state index contributed by atoms with van der Waals surface area (Å²) in [6.45, 7) is 1.68. The van der Waals surface area contributed by atoms with Gasteiger partial charge in [0.1, 0.15) is 0 Å². The van der Waals surface area contributed by atoms with E-state index in [4.69, 9.17) is 9.73 Å². The molecular formula is C11H16N4OS. The molecule has 1 N–H and O–H groups in total. The van der Waals surface area contributed by atoms with Gasteiger partial charge in [0, 0.05) is 32.2 Å². The lowest BCUT2D eigenvalue weighted by molar-refractivity contribution is 0.0624. The molecule has 1 saturated heterocycles. The van der Waals surface area contributed by atoms with E-state index in [9.17, 15) is 0 Å². The molecule has 0 amide bonds. The van der Waals surface area contributed by atoms with E-state index in [-0.39, 0.29) is 5.54 Å². The number of aromatic nitrogens is 2. The Morgan fingerprint density at radius 3 is 3.00 bits per heavy atom. The van der Waals surface area contributed by atoms with Gasteiger partial charge in [0.15, 0.2) is 5.17 Å². The van der Waals surface area contributed by atoms with Gasteiger partial charge in [0.05, 0.1) is 17.4 Å². The van der Waals surface area contributed by atoms with E-state index in [0.29, 0.717) is 0 Å². The second kappa shape index (κ2) is 4.34. The van der Waals surface area contributed by atoms with Crippen molar-refractivity contribution in [2.75, 3.05) is 24.3 Å². The van der Waals surface area contributed by atoms with Crippen LogP contribution in [-0.4, -0.2) is 39.5 Å². The van der Waals surface area contributed by atoms with E-state index >= 15 is 0 Å². The van der Waals surface area contributed by atoms with E-state index in [1.807, 2.05) is 19.4 Å². The van der Waals surface area contributed by atoms with E-state index in [1.165, 1.54) is 0 Å². The molecule has 0 bridgehead atoms. The van der Waals surface area contributed by atoms with Gasteiger partial charge in [-0.15, -0.1) is 0 Å². The van der Waals surface area contributed by atoms with Gasteiger partial charge in [-0.25, -0.2) is 0 Å². The number of aliphatic imine (C=N–C) groups is 1. The molecule has 6 heteroatoms. The number of nitrogens with one attached hydrogen (secondary N) is 1. The van der Waals surface area contributed by atoms with Crippen LogP contribution in [0.3, 0.4) is 0 Å². The van der Waals surface area contributed by atoms with Crippen LogP contribution in [0.2, 0.25) is 0 Å². The average molecular weight is 252 g/mol. The maximum Gasteiger partial charge on any atom is 0.161 e. The highest BCUT2D eigenvalue weighted by Gasteiger charge is 2.37. The molecule has 0 unspecified atom stereocenters. The molecule has 1 fully saturated rings. The maximum atomic E-state index is 5.40. The first-order chi connectivity index (χ1) is 8.26. The fourth-order valence-corrected chi connectivity index (χ4v) is 3.37. The first-order valence-corrected chi connectivity index (χ1v) is 6.80. The van der Waals surface area contributed by atoms with Gasteiger partial charge in [-0.2, -0.15) is 5.10 Å². The fraction of sp³-hybridized carbons (Fsp3) is 0.636. The molecule has 3 heterocycles. The molecule has 1 aromatic heterocycles. The zero-order valence-electron chi connectivity index (χ0n) is 9.85. The van der Waals surface area contributed by atoms with Gasteiger partial charge in [-0.05, 0) is 12.8 Å². The highest BCUT2D eigenvalue weighted by atomic mass is 32.2. The number of anilines is 1. The molecule has 0 saturated carbocycles. The Morgan fingerprint density at radius 1 is 1.47 bits per heavy atom. The van der Waals surface area contributed by atoms with Crippen molar-refractivity contribution < 1.29 is 4.74 Å². The normalized spacial score (nSPS) is 22.8. The van der Waals surface area contributed by atoms with Crippen molar-refractivity contribution in [2.24, 2.45) is 12.0 Å². The maximum absolute atomic E-state index is 5.40. The monoisotopic (exact) mass is 252 g/mol. The van der Waals surface area contributed by atoms with Crippen molar-refractivity contribution in [3.8, 4) is 0 Å². The van der Waals surface area contributed by atoms with Crippen LogP contribution in [0, 0.1) is 0 Å². The molecule has 0 atom stereocenters. The third kappa shape index (κ3) is 2.32. The summed E-state index contributed by atoms with van der Waals surface area (Å²) in [5.41, 5.74) is 1.12. The minimum atomic E-state index is 0.119. The van der Waals surface area contributed by atoms with Crippen LogP contribution < -0.4 is 5.32 Å². The Labute approximate surface area is 105 Å².